The molecule has 23 heavy (non-hydrogen) atoms. The van der Waals surface area contributed by atoms with Crippen molar-refractivity contribution in [2.45, 2.75) is 44.4 Å². The predicted molar refractivity (Wildman–Crippen MR) is 86.7 cm³/mol. The first-order chi connectivity index (χ1) is 10.9. The van der Waals surface area contributed by atoms with Crippen molar-refractivity contribution in [2.24, 2.45) is 0 Å². The molecule has 1 aliphatic rings. The molecule has 2 aromatic rings. The van der Waals surface area contributed by atoms with Crippen molar-refractivity contribution in [1.82, 2.24) is 14.1 Å². The second-order valence-corrected chi connectivity index (χ2v) is 8.02. The van der Waals surface area contributed by atoms with Crippen molar-refractivity contribution in [3.05, 3.63) is 42.2 Å². The van der Waals surface area contributed by atoms with Gasteiger partial charge in [0.25, 0.3) is 0 Å². The molecule has 7 heteroatoms. The summed E-state index contributed by atoms with van der Waals surface area (Å²) in [5.74, 6) is 0.746. The van der Waals surface area contributed by atoms with Crippen LogP contribution in [-0.2, 0) is 16.6 Å². The molecule has 0 saturated carbocycles. The Balaban J connectivity index is 1.95. The molecule has 6 nitrogen and oxygen atoms in total. The predicted octanol–water partition coefficient (Wildman–Crippen LogP) is 2.44. The van der Waals surface area contributed by atoms with E-state index in [4.69, 9.17) is 4.74 Å². The van der Waals surface area contributed by atoms with E-state index in [0.717, 1.165) is 11.3 Å². The SMILES string of the molecule is CC1CN(S(=O)(=O)c2cnn(C(C)C)c2)Cc2ccccc2O1. The number of rotatable bonds is 3. The van der Waals surface area contributed by atoms with Crippen LogP contribution in [0.1, 0.15) is 32.4 Å². The maximum atomic E-state index is 12.9. The largest absolute Gasteiger partial charge is 0.489 e. The quantitative estimate of drug-likeness (QED) is 0.864. The summed E-state index contributed by atoms with van der Waals surface area (Å²) in [7, 11) is -3.60. The van der Waals surface area contributed by atoms with Crippen LogP contribution in [0.4, 0.5) is 0 Å². The van der Waals surface area contributed by atoms with Crippen molar-refractivity contribution in [3.8, 4) is 5.75 Å². The summed E-state index contributed by atoms with van der Waals surface area (Å²) in [5.41, 5.74) is 0.872. The summed E-state index contributed by atoms with van der Waals surface area (Å²) in [6, 6.07) is 7.67. The van der Waals surface area contributed by atoms with E-state index < -0.39 is 10.0 Å². The zero-order chi connectivity index (χ0) is 16.6. The van der Waals surface area contributed by atoms with Crippen molar-refractivity contribution >= 4 is 10.0 Å². The Hall–Kier alpha value is -1.86. The Morgan fingerprint density at radius 1 is 1.30 bits per heavy atom. The standard InChI is InChI=1S/C16H21N3O3S/c1-12(2)19-11-15(8-17-19)23(20,21)18-9-13(3)22-16-7-5-4-6-14(16)10-18/h4-8,11-13H,9-10H2,1-3H3. The number of para-hydroxylation sites is 1. The lowest BCUT2D eigenvalue weighted by Gasteiger charge is -2.20. The number of benzene rings is 1. The maximum Gasteiger partial charge on any atom is 0.246 e. The van der Waals surface area contributed by atoms with Crippen molar-refractivity contribution < 1.29 is 13.2 Å². The normalized spacial score (nSPS) is 19.2. The van der Waals surface area contributed by atoms with Crippen LogP contribution in [0.3, 0.4) is 0 Å². The first-order valence-corrected chi connectivity index (χ1v) is 9.11. The van der Waals surface area contributed by atoms with E-state index in [1.54, 1.807) is 10.9 Å². The first-order valence-electron chi connectivity index (χ1n) is 7.67. The van der Waals surface area contributed by atoms with Crippen LogP contribution in [0.15, 0.2) is 41.6 Å². The molecule has 124 valence electrons. The molecule has 0 fully saturated rings. The van der Waals surface area contributed by atoms with Gasteiger partial charge in [-0.3, -0.25) is 4.68 Å². The summed E-state index contributed by atoms with van der Waals surface area (Å²) in [4.78, 5) is 0.220. The summed E-state index contributed by atoms with van der Waals surface area (Å²) < 4.78 is 34.8. The Morgan fingerprint density at radius 2 is 2.04 bits per heavy atom. The average molecular weight is 335 g/mol. The molecule has 1 atom stereocenters. The van der Waals surface area contributed by atoms with Gasteiger partial charge in [-0.25, -0.2) is 8.42 Å². The Bertz CT molecular complexity index is 798. The van der Waals surface area contributed by atoms with E-state index in [1.165, 1.54) is 10.5 Å². The molecular weight excluding hydrogens is 314 g/mol. The second-order valence-electron chi connectivity index (χ2n) is 6.08. The second kappa shape index (κ2) is 5.98. The molecule has 0 radical (unpaired) electrons. The van der Waals surface area contributed by atoms with Crippen LogP contribution in [0, 0.1) is 0 Å². The highest BCUT2D eigenvalue weighted by Crippen LogP contribution is 2.28. The maximum absolute atomic E-state index is 12.9. The van der Waals surface area contributed by atoms with Gasteiger partial charge in [-0.2, -0.15) is 9.40 Å². The lowest BCUT2D eigenvalue weighted by Crippen LogP contribution is -2.35. The molecule has 0 spiro atoms. The zero-order valence-electron chi connectivity index (χ0n) is 13.5. The van der Waals surface area contributed by atoms with Gasteiger partial charge in [0.2, 0.25) is 10.0 Å². The van der Waals surface area contributed by atoms with Gasteiger partial charge in [-0.15, -0.1) is 0 Å². The van der Waals surface area contributed by atoms with Gasteiger partial charge < -0.3 is 4.74 Å². The Labute approximate surface area is 136 Å². The highest BCUT2D eigenvalue weighted by molar-refractivity contribution is 7.89. The molecule has 1 unspecified atom stereocenters. The topological polar surface area (TPSA) is 64.4 Å². The van der Waals surface area contributed by atoms with E-state index >= 15 is 0 Å². The highest BCUT2D eigenvalue weighted by atomic mass is 32.2. The molecule has 3 rings (SSSR count). The minimum atomic E-state index is -3.60. The van der Waals surface area contributed by atoms with Gasteiger partial charge in [0, 0.05) is 24.3 Å². The minimum Gasteiger partial charge on any atom is -0.489 e. The monoisotopic (exact) mass is 335 g/mol. The summed E-state index contributed by atoms with van der Waals surface area (Å²) in [5, 5.41) is 4.14. The molecule has 1 aliphatic heterocycles. The minimum absolute atomic E-state index is 0.117. The van der Waals surface area contributed by atoms with E-state index in [1.807, 2.05) is 45.0 Å². The lowest BCUT2D eigenvalue weighted by molar-refractivity contribution is 0.201. The number of nitrogens with zero attached hydrogens (tertiary/aromatic N) is 3. The number of ether oxygens (including phenoxy) is 1. The van der Waals surface area contributed by atoms with Crippen molar-refractivity contribution in [1.29, 1.82) is 0 Å². The first kappa shape index (κ1) is 16.0. The van der Waals surface area contributed by atoms with E-state index in [-0.39, 0.29) is 17.0 Å². The number of sulfonamides is 1. The van der Waals surface area contributed by atoms with Crippen LogP contribution in [0.5, 0.6) is 5.75 Å². The molecule has 0 aliphatic carbocycles. The molecule has 0 amide bonds. The smallest absolute Gasteiger partial charge is 0.246 e. The van der Waals surface area contributed by atoms with Crippen LogP contribution >= 0.6 is 0 Å². The van der Waals surface area contributed by atoms with E-state index in [9.17, 15) is 8.42 Å². The third-order valence-corrected chi connectivity index (χ3v) is 5.62. The summed E-state index contributed by atoms with van der Waals surface area (Å²) in [6.45, 7) is 6.41. The van der Waals surface area contributed by atoms with Crippen LogP contribution in [0.25, 0.3) is 0 Å². The molecule has 0 N–H and O–H groups in total. The third-order valence-electron chi connectivity index (χ3n) is 3.85. The van der Waals surface area contributed by atoms with E-state index in [2.05, 4.69) is 5.10 Å². The van der Waals surface area contributed by atoms with Gasteiger partial charge in [0.15, 0.2) is 0 Å². The summed E-state index contributed by atoms with van der Waals surface area (Å²) >= 11 is 0. The van der Waals surface area contributed by atoms with Gasteiger partial charge in [0.05, 0.1) is 12.7 Å². The van der Waals surface area contributed by atoms with Gasteiger partial charge in [-0.1, -0.05) is 18.2 Å². The van der Waals surface area contributed by atoms with Crippen molar-refractivity contribution in [3.63, 3.8) is 0 Å². The fraction of sp³-hybridized carbons (Fsp3) is 0.438. The average Bonchev–Trinajstić information content (AvgIpc) is 2.92. The van der Waals surface area contributed by atoms with Crippen molar-refractivity contribution in [2.75, 3.05) is 6.54 Å². The molecule has 0 bridgehead atoms. The highest BCUT2D eigenvalue weighted by Gasteiger charge is 2.31. The Morgan fingerprint density at radius 3 is 2.74 bits per heavy atom. The number of fused-ring (bicyclic) bond motifs is 1. The van der Waals surface area contributed by atoms with E-state index in [0.29, 0.717) is 13.1 Å². The van der Waals surface area contributed by atoms with Crippen LogP contribution < -0.4 is 4.74 Å². The number of aromatic nitrogens is 2. The Kier molecular flexibility index (Phi) is 4.16. The number of hydrogen-bond acceptors (Lipinski definition) is 4. The molecule has 2 heterocycles. The van der Waals surface area contributed by atoms with Crippen LogP contribution in [-0.4, -0.2) is 35.2 Å². The van der Waals surface area contributed by atoms with Crippen LogP contribution in [0.2, 0.25) is 0 Å². The third kappa shape index (κ3) is 3.11. The zero-order valence-corrected chi connectivity index (χ0v) is 14.3. The fourth-order valence-electron chi connectivity index (χ4n) is 2.61. The molecule has 1 aromatic carbocycles. The lowest BCUT2D eigenvalue weighted by atomic mass is 10.2. The fourth-order valence-corrected chi connectivity index (χ4v) is 4.05. The molecule has 1 aromatic heterocycles. The van der Waals surface area contributed by atoms with Gasteiger partial charge >= 0.3 is 0 Å². The molecule has 0 saturated heterocycles. The number of hydrogen-bond donors (Lipinski definition) is 0. The van der Waals surface area contributed by atoms with Gasteiger partial charge in [0.1, 0.15) is 16.7 Å². The van der Waals surface area contributed by atoms with Gasteiger partial charge in [-0.05, 0) is 26.8 Å². The summed E-state index contributed by atoms with van der Waals surface area (Å²) in [6.07, 6.45) is 2.79. The molecular formula is C16H21N3O3S.